The summed E-state index contributed by atoms with van der Waals surface area (Å²) in [7, 11) is -4.35. The highest BCUT2D eigenvalue weighted by Crippen LogP contribution is 2.16. The molecule has 0 rings (SSSR count). The van der Waals surface area contributed by atoms with Crippen molar-refractivity contribution in [2.45, 2.75) is 168 Å². The van der Waals surface area contributed by atoms with Crippen LogP contribution in [0.5, 0.6) is 0 Å². The van der Waals surface area contributed by atoms with Gasteiger partial charge in [0.05, 0.1) is 6.61 Å². The summed E-state index contributed by atoms with van der Waals surface area (Å²) in [5.74, 6) is 0.0596. The van der Waals surface area contributed by atoms with Crippen molar-refractivity contribution in [2.24, 2.45) is 5.92 Å². The van der Waals surface area contributed by atoms with Gasteiger partial charge in [-0.2, -0.15) is 8.42 Å². The van der Waals surface area contributed by atoms with Gasteiger partial charge >= 0.3 is 10.4 Å². The smallest absolute Gasteiger partial charge is 0.264 e. The van der Waals surface area contributed by atoms with Crippen LogP contribution in [0.4, 0.5) is 0 Å². The molecule has 1 atom stereocenters. The summed E-state index contributed by atoms with van der Waals surface area (Å²) in [5.41, 5.74) is 0. The molecular weight excluding hydrogens is 456 g/mol. The molecule has 1 N–H and O–H groups in total. The van der Waals surface area contributed by atoms with E-state index >= 15 is 0 Å². The molecule has 0 aromatic heterocycles. The van der Waals surface area contributed by atoms with Crippen LogP contribution in [-0.4, -0.2) is 19.6 Å². The van der Waals surface area contributed by atoms with Gasteiger partial charge in [0, 0.05) is 5.92 Å². The molecule has 0 saturated carbocycles. The molecule has 0 bridgehead atoms. The molecule has 0 aliphatic carbocycles. The topological polar surface area (TPSA) is 63.6 Å². The highest BCUT2D eigenvalue weighted by atomic mass is 32.3. The summed E-state index contributed by atoms with van der Waals surface area (Å²) in [4.78, 5) is 0. The zero-order valence-electron chi connectivity index (χ0n) is 23.5. The Balaban J connectivity index is 3.54. The first-order chi connectivity index (χ1) is 17.0. The van der Waals surface area contributed by atoms with E-state index in [2.05, 4.69) is 30.2 Å². The number of unbranched alkanes of at least 4 members (excludes halogenated alkanes) is 21. The predicted octanol–water partition coefficient (Wildman–Crippen LogP) is 10.4. The van der Waals surface area contributed by atoms with Crippen LogP contribution in [0.3, 0.4) is 0 Å². The average molecular weight is 517 g/mol. The maximum absolute atomic E-state index is 10.9. The Morgan fingerprint density at radius 2 is 0.971 bits per heavy atom. The predicted molar refractivity (Wildman–Crippen MR) is 152 cm³/mol. The normalized spacial score (nSPS) is 13.1. The third kappa shape index (κ3) is 29.7. The number of rotatable bonds is 28. The monoisotopic (exact) mass is 516 g/mol. The maximum Gasteiger partial charge on any atom is 0.397 e. The van der Waals surface area contributed by atoms with E-state index < -0.39 is 10.4 Å². The Labute approximate surface area is 220 Å². The van der Waals surface area contributed by atoms with Crippen molar-refractivity contribution in [2.75, 3.05) is 6.61 Å². The standard InChI is InChI=1S/C30H60O4S/c1-3-5-7-9-10-11-12-13-14-15-16-17-18-19-20-21-22-23-24-26-28-30(27-25-8-6-4-2)29-34-35(31,32)33/h26,28,30H,3-25,27,29H2,1-2H3,(H,31,32,33)/b28-26+. The van der Waals surface area contributed by atoms with Gasteiger partial charge in [-0.05, 0) is 19.3 Å². The lowest BCUT2D eigenvalue weighted by molar-refractivity contribution is 0.234. The third-order valence-corrected chi connectivity index (χ3v) is 7.43. The van der Waals surface area contributed by atoms with Gasteiger partial charge in [-0.15, -0.1) is 0 Å². The zero-order chi connectivity index (χ0) is 25.9. The zero-order valence-corrected chi connectivity index (χ0v) is 24.3. The van der Waals surface area contributed by atoms with Crippen molar-refractivity contribution >= 4 is 10.4 Å². The van der Waals surface area contributed by atoms with Gasteiger partial charge in [0.15, 0.2) is 0 Å². The fourth-order valence-electron chi connectivity index (χ4n) is 4.69. The Morgan fingerprint density at radius 1 is 0.600 bits per heavy atom. The largest absolute Gasteiger partial charge is 0.397 e. The van der Waals surface area contributed by atoms with Crippen molar-refractivity contribution in [3.8, 4) is 0 Å². The van der Waals surface area contributed by atoms with Crippen LogP contribution in [0, 0.1) is 5.92 Å². The Bertz CT molecular complexity index is 545. The molecule has 210 valence electrons. The molecule has 0 saturated heterocycles. The summed E-state index contributed by atoms with van der Waals surface area (Å²) in [6, 6.07) is 0. The second kappa shape index (κ2) is 26.7. The second-order valence-corrected chi connectivity index (χ2v) is 11.6. The lowest BCUT2D eigenvalue weighted by atomic mass is 10.00. The summed E-state index contributed by atoms with van der Waals surface area (Å²) in [6.45, 7) is 4.50. The third-order valence-electron chi connectivity index (χ3n) is 6.99. The highest BCUT2D eigenvalue weighted by molar-refractivity contribution is 7.80. The number of allylic oxidation sites excluding steroid dienone is 1. The van der Waals surface area contributed by atoms with Gasteiger partial charge in [0.2, 0.25) is 0 Å². The summed E-state index contributed by atoms with van der Waals surface area (Å²) in [6.07, 6.45) is 35.8. The van der Waals surface area contributed by atoms with E-state index in [1.807, 2.05) is 0 Å². The van der Waals surface area contributed by atoms with Crippen molar-refractivity contribution in [3.63, 3.8) is 0 Å². The molecular formula is C30H60O4S. The van der Waals surface area contributed by atoms with E-state index in [1.165, 1.54) is 128 Å². The molecule has 0 spiro atoms. The van der Waals surface area contributed by atoms with Crippen molar-refractivity contribution in [1.82, 2.24) is 0 Å². The Morgan fingerprint density at radius 3 is 1.37 bits per heavy atom. The van der Waals surface area contributed by atoms with Crippen LogP contribution < -0.4 is 0 Å². The second-order valence-electron chi connectivity index (χ2n) is 10.5. The van der Waals surface area contributed by atoms with E-state index in [-0.39, 0.29) is 12.5 Å². The van der Waals surface area contributed by atoms with Gasteiger partial charge in [0.25, 0.3) is 0 Å². The SMILES string of the molecule is CCCCCCCCCCCCCCCCCCCC/C=C/C(CCCCCC)COS(=O)(=O)O. The van der Waals surface area contributed by atoms with Crippen LogP contribution in [0.25, 0.3) is 0 Å². The molecule has 0 heterocycles. The van der Waals surface area contributed by atoms with Gasteiger partial charge in [-0.1, -0.05) is 161 Å². The molecule has 0 aliphatic rings. The van der Waals surface area contributed by atoms with Crippen LogP contribution >= 0.6 is 0 Å². The Kier molecular flexibility index (Phi) is 26.4. The van der Waals surface area contributed by atoms with Crippen LogP contribution in [0.15, 0.2) is 12.2 Å². The maximum atomic E-state index is 10.9. The first-order valence-corrected chi connectivity index (χ1v) is 16.6. The minimum absolute atomic E-state index is 0.0422. The molecule has 35 heavy (non-hydrogen) atoms. The van der Waals surface area contributed by atoms with E-state index in [0.29, 0.717) is 0 Å². The Hall–Kier alpha value is -0.390. The molecule has 0 radical (unpaired) electrons. The summed E-state index contributed by atoms with van der Waals surface area (Å²) < 4.78 is 35.2. The van der Waals surface area contributed by atoms with Crippen molar-refractivity contribution in [1.29, 1.82) is 0 Å². The molecule has 0 aromatic carbocycles. The van der Waals surface area contributed by atoms with Crippen LogP contribution in [0.1, 0.15) is 168 Å². The van der Waals surface area contributed by atoms with E-state index in [4.69, 9.17) is 4.55 Å². The fraction of sp³-hybridized carbons (Fsp3) is 0.933. The molecule has 4 nitrogen and oxygen atoms in total. The van der Waals surface area contributed by atoms with Crippen molar-refractivity contribution < 1.29 is 17.2 Å². The minimum Gasteiger partial charge on any atom is -0.264 e. The van der Waals surface area contributed by atoms with Gasteiger partial charge < -0.3 is 0 Å². The highest BCUT2D eigenvalue weighted by Gasteiger charge is 2.11. The van der Waals surface area contributed by atoms with E-state index in [1.54, 1.807) is 0 Å². The number of hydrogen-bond donors (Lipinski definition) is 1. The lowest BCUT2D eigenvalue weighted by Crippen LogP contribution is -2.12. The van der Waals surface area contributed by atoms with Gasteiger partial charge in [-0.3, -0.25) is 4.55 Å². The summed E-state index contributed by atoms with van der Waals surface area (Å²) in [5, 5.41) is 0. The van der Waals surface area contributed by atoms with E-state index in [9.17, 15) is 8.42 Å². The quantitative estimate of drug-likeness (QED) is 0.0638. The molecule has 0 aromatic rings. The van der Waals surface area contributed by atoms with Crippen LogP contribution in [0.2, 0.25) is 0 Å². The molecule has 5 heteroatoms. The van der Waals surface area contributed by atoms with Gasteiger partial charge in [0.1, 0.15) is 0 Å². The van der Waals surface area contributed by atoms with E-state index in [0.717, 1.165) is 25.7 Å². The van der Waals surface area contributed by atoms with Crippen molar-refractivity contribution in [3.05, 3.63) is 12.2 Å². The fourth-order valence-corrected chi connectivity index (χ4v) is 5.04. The number of hydrogen-bond acceptors (Lipinski definition) is 3. The van der Waals surface area contributed by atoms with Crippen LogP contribution in [-0.2, 0) is 14.6 Å². The molecule has 1 unspecified atom stereocenters. The molecule has 0 amide bonds. The lowest BCUT2D eigenvalue weighted by Gasteiger charge is -2.11. The first-order valence-electron chi connectivity index (χ1n) is 15.3. The average Bonchev–Trinajstić information content (AvgIpc) is 2.82. The minimum atomic E-state index is -4.35. The molecule has 0 aliphatic heterocycles. The summed E-state index contributed by atoms with van der Waals surface area (Å²) >= 11 is 0. The molecule has 0 fully saturated rings. The first kappa shape index (κ1) is 34.6. The van der Waals surface area contributed by atoms with Gasteiger partial charge in [-0.25, -0.2) is 4.18 Å².